The first-order valence-electron chi connectivity index (χ1n) is 7.54. The molecule has 156 valence electrons. The molecule has 3 aromatic rings. The van der Waals surface area contributed by atoms with Gasteiger partial charge in [-0.15, -0.1) is 5.10 Å². The lowest BCUT2D eigenvalue weighted by Gasteiger charge is -2.16. The zero-order valence-electron chi connectivity index (χ0n) is 15.1. The molecule has 0 aliphatic rings. The van der Waals surface area contributed by atoms with Gasteiger partial charge in [0, 0.05) is 6.20 Å². The van der Waals surface area contributed by atoms with Crippen LogP contribution in [0.3, 0.4) is 0 Å². The lowest BCUT2D eigenvalue weighted by Crippen LogP contribution is -2.22. The maximum Gasteiger partial charge on any atom is 0.418 e. The number of halogens is 3. The maximum absolute atomic E-state index is 13.8. The second-order valence-electron chi connectivity index (χ2n) is 5.42. The number of hydrogen-bond acceptors (Lipinski definition) is 9. The van der Waals surface area contributed by atoms with Gasteiger partial charge in [0.1, 0.15) is 0 Å². The molecule has 0 aromatic carbocycles. The fourth-order valence-electron chi connectivity index (χ4n) is 2.52. The number of sulfonamides is 1. The second-order valence-corrected chi connectivity index (χ2v) is 6.91. The maximum atomic E-state index is 13.8. The number of pyridine rings is 1. The average molecular weight is 434 g/mol. The summed E-state index contributed by atoms with van der Waals surface area (Å²) < 4.78 is 81.0. The van der Waals surface area contributed by atoms with Crippen molar-refractivity contribution in [3.8, 4) is 29.0 Å². The summed E-state index contributed by atoms with van der Waals surface area (Å²) in [7, 11) is -1.30. The van der Waals surface area contributed by atoms with E-state index in [4.69, 9.17) is 14.6 Å². The highest BCUT2D eigenvalue weighted by molar-refractivity contribution is 7.89. The Bertz CT molecular complexity index is 1190. The van der Waals surface area contributed by atoms with Gasteiger partial charge in [0.2, 0.25) is 27.7 Å². The number of alkyl halides is 3. The van der Waals surface area contributed by atoms with Crippen molar-refractivity contribution in [2.75, 3.05) is 21.3 Å². The molecule has 2 N–H and O–H groups in total. The lowest BCUT2D eigenvalue weighted by atomic mass is 10.1. The van der Waals surface area contributed by atoms with E-state index in [0.717, 1.165) is 17.8 Å². The van der Waals surface area contributed by atoms with Gasteiger partial charge in [-0.2, -0.15) is 27.7 Å². The zero-order chi connectivity index (χ0) is 21.6. The molecule has 29 heavy (non-hydrogen) atoms. The molecule has 0 spiro atoms. The lowest BCUT2D eigenvalue weighted by molar-refractivity contribution is -0.139. The minimum atomic E-state index is -5.15. The molecule has 0 aliphatic heterocycles. The summed E-state index contributed by atoms with van der Waals surface area (Å²) in [4.78, 5) is 10.2. The summed E-state index contributed by atoms with van der Waals surface area (Å²) in [6.45, 7) is 0. The number of fused-ring (bicyclic) bond motifs is 1. The summed E-state index contributed by atoms with van der Waals surface area (Å²) in [5.41, 5.74) is -2.36. The minimum Gasteiger partial charge on any atom is -0.481 e. The molecule has 0 saturated carbocycles. The van der Waals surface area contributed by atoms with Crippen LogP contribution < -0.4 is 19.3 Å². The van der Waals surface area contributed by atoms with Crippen LogP contribution in [0.5, 0.6) is 17.6 Å². The van der Waals surface area contributed by atoms with E-state index in [-0.39, 0.29) is 17.5 Å². The fourth-order valence-corrected chi connectivity index (χ4v) is 3.41. The number of nitrogens with two attached hydrogens (primary N) is 1. The Balaban J connectivity index is 2.40. The Hall–Kier alpha value is -3.20. The molecule has 0 radical (unpaired) electrons. The predicted molar refractivity (Wildman–Crippen MR) is 90.0 cm³/mol. The third-order valence-electron chi connectivity index (χ3n) is 3.68. The molecule has 11 nitrogen and oxygen atoms in total. The SMILES string of the molecule is COc1cc(OC)n2nc(-c3cnc(OC)c(S(N)(=O)=O)c3C(F)(F)F)nc2n1. The number of methoxy groups -OCH3 is 3. The van der Waals surface area contributed by atoms with E-state index >= 15 is 0 Å². The van der Waals surface area contributed by atoms with Crippen LogP contribution in [-0.4, -0.2) is 54.3 Å². The first kappa shape index (κ1) is 20.5. The molecule has 3 aromatic heterocycles. The Morgan fingerprint density at radius 1 is 1.10 bits per heavy atom. The molecule has 15 heteroatoms. The second kappa shape index (κ2) is 7.00. The number of aromatic nitrogens is 5. The van der Waals surface area contributed by atoms with Crippen LogP contribution in [0.15, 0.2) is 17.2 Å². The smallest absolute Gasteiger partial charge is 0.418 e. The molecular weight excluding hydrogens is 421 g/mol. The van der Waals surface area contributed by atoms with Crippen LogP contribution in [0.25, 0.3) is 17.2 Å². The van der Waals surface area contributed by atoms with Crippen LogP contribution in [0.2, 0.25) is 0 Å². The number of primary sulfonamides is 1. The molecule has 0 atom stereocenters. The van der Waals surface area contributed by atoms with Crippen molar-refractivity contribution in [2.45, 2.75) is 11.1 Å². The van der Waals surface area contributed by atoms with E-state index in [0.29, 0.717) is 0 Å². The van der Waals surface area contributed by atoms with E-state index in [1.54, 1.807) is 0 Å². The van der Waals surface area contributed by atoms with Crippen LogP contribution >= 0.6 is 0 Å². The van der Waals surface area contributed by atoms with Gasteiger partial charge in [0.25, 0.3) is 5.78 Å². The van der Waals surface area contributed by atoms with E-state index in [9.17, 15) is 21.6 Å². The first-order valence-corrected chi connectivity index (χ1v) is 9.09. The topological polar surface area (TPSA) is 144 Å². The van der Waals surface area contributed by atoms with E-state index < -0.39 is 43.9 Å². The van der Waals surface area contributed by atoms with Crippen LogP contribution in [0, 0.1) is 0 Å². The summed E-state index contributed by atoms with van der Waals surface area (Å²) in [5, 5.41) is 8.92. The van der Waals surface area contributed by atoms with Gasteiger partial charge >= 0.3 is 6.18 Å². The molecule has 0 unspecified atom stereocenters. The standard InChI is InChI=1S/C14H13F3N6O5S/c1-26-7-4-8(27-2)23-13(20-7)21-11(22-23)6-5-19-12(28-3)10(29(18,24)25)9(6)14(15,16)17/h4-5H,1-3H3,(H2,18,24,25). The number of rotatable bonds is 5. The zero-order valence-corrected chi connectivity index (χ0v) is 15.9. The van der Waals surface area contributed by atoms with Crippen LogP contribution in [0.1, 0.15) is 5.56 Å². The van der Waals surface area contributed by atoms with Crippen LogP contribution in [0.4, 0.5) is 13.2 Å². The van der Waals surface area contributed by atoms with Gasteiger partial charge in [-0.3, -0.25) is 0 Å². The van der Waals surface area contributed by atoms with E-state index in [1.807, 2.05) is 0 Å². The molecule has 0 saturated heterocycles. The van der Waals surface area contributed by atoms with Gasteiger partial charge in [-0.05, 0) is 0 Å². The molecule has 0 aliphatic carbocycles. The molecule has 0 fully saturated rings. The Morgan fingerprint density at radius 2 is 1.79 bits per heavy atom. The van der Waals surface area contributed by atoms with Gasteiger partial charge in [0.05, 0.1) is 38.5 Å². The van der Waals surface area contributed by atoms with Crippen molar-refractivity contribution in [3.63, 3.8) is 0 Å². The quantitative estimate of drug-likeness (QED) is 0.619. The van der Waals surface area contributed by atoms with Gasteiger partial charge in [0.15, 0.2) is 10.7 Å². The van der Waals surface area contributed by atoms with Crippen molar-refractivity contribution in [3.05, 3.63) is 17.8 Å². The van der Waals surface area contributed by atoms with Crippen molar-refractivity contribution in [1.29, 1.82) is 0 Å². The van der Waals surface area contributed by atoms with Gasteiger partial charge < -0.3 is 14.2 Å². The van der Waals surface area contributed by atoms with Crippen molar-refractivity contribution < 1.29 is 35.8 Å². The van der Waals surface area contributed by atoms with Gasteiger partial charge in [-0.1, -0.05) is 0 Å². The predicted octanol–water partition coefficient (Wildman–Crippen LogP) is 0.878. The largest absolute Gasteiger partial charge is 0.481 e. The summed E-state index contributed by atoms with van der Waals surface area (Å²) in [5.74, 6) is -1.35. The third kappa shape index (κ3) is 3.61. The van der Waals surface area contributed by atoms with Crippen molar-refractivity contribution in [1.82, 2.24) is 24.6 Å². The monoisotopic (exact) mass is 434 g/mol. The number of nitrogens with zero attached hydrogens (tertiary/aromatic N) is 5. The van der Waals surface area contributed by atoms with Crippen molar-refractivity contribution in [2.24, 2.45) is 5.14 Å². The molecule has 3 heterocycles. The fraction of sp³-hybridized carbons (Fsp3) is 0.286. The summed E-state index contributed by atoms with van der Waals surface area (Å²) >= 11 is 0. The highest BCUT2D eigenvalue weighted by atomic mass is 32.2. The summed E-state index contributed by atoms with van der Waals surface area (Å²) in [6, 6.07) is 1.33. The number of hydrogen-bond donors (Lipinski definition) is 1. The van der Waals surface area contributed by atoms with Crippen LogP contribution in [-0.2, 0) is 16.2 Å². The molecule has 0 bridgehead atoms. The Kier molecular flexibility index (Phi) is 4.96. The first-order chi connectivity index (χ1) is 13.5. The third-order valence-corrected chi connectivity index (χ3v) is 4.63. The van der Waals surface area contributed by atoms with E-state index in [1.165, 1.54) is 20.3 Å². The molecular formula is C14H13F3N6O5S. The van der Waals surface area contributed by atoms with Gasteiger partial charge in [-0.25, -0.2) is 18.5 Å². The highest BCUT2D eigenvalue weighted by Gasteiger charge is 2.43. The summed E-state index contributed by atoms with van der Waals surface area (Å²) in [6.07, 6.45) is -4.42. The Labute approximate surface area is 161 Å². The highest BCUT2D eigenvalue weighted by Crippen LogP contribution is 2.42. The van der Waals surface area contributed by atoms with E-state index in [2.05, 4.69) is 24.8 Å². The minimum absolute atomic E-state index is 0.0623. The normalized spacial score (nSPS) is 12.2. The molecule has 0 amide bonds. The average Bonchev–Trinajstić information content (AvgIpc) is 3.08. The Morgan fingerprint density at radius 3 is 2.31 bits per heavy atom. The van der Waals surface area contributed by atoms with Crippen molar-refractivity contribution >= 4 is 15.8 Å². The number of ether oxygens (including phenoxy) is 3. The molecule has 3 rings (SSSR count).